The van der Waals surface area contributed by atoms with Crippen LogP contribution in [0, 0.1) is 0 Å². The summed E-state index contributed by atoms with van der Waals surface area (Å²) >= 11 is 0. The molecule has 26 heavy (non-hydrogen) atoms. The fourth-order valence-electron chi connectivity index (χ4n) is 3.19. The standard InChI is InChI=1S/C20H21N3O3/c24-20(13-18-16-6-2-4-8-19(16)26-22-18)21-17-7-3-1-5-15(17)14-23-9-11-25-12-10-23/h1-8H,9-14H2,(H,21,24). The third kappa shape index (κ3) is 3.76. The molecule has 0 bridgehead atoms. The van der Waals surface area contributed by atoms with Crippen LogP contribution in [0.25, 0.3) is 11.0 Å². The summed E-state index contributed by atoms with van der Waals surface area (Å²) in [6.07, 6.45) is 0.183. The van der Waals surface area contributed by atoms with E-state index in [9.17, 15) is 4.79 Å². The lowest BCUT2D eigenvalue weighted by Gasteiger charge is -2.27. The molecule has 0 aliphatic carbocycles. The Balaban J connectivity index is 1.45. The van der Waals surface area contributed by atoms with Crippen molar-refractivity contribution in [3.63, 3.8) is 0 Å². The highest BCUT2D eigenvalue weighted by Gasteiger charge is 2.15. The molecule has 0 radical (unpaired) electrons. The lowest BCUT2D eigenvalue weighted by atomic mass is 10.1. The van der Waals surface area contributed by atoms with E-state index < -0.39 is 0 Å². The summed E-state index contributed by atoms with van der Waals surface area (Å²) in [5.74, 6) is -0.0986. The Kier molecular flexibility index (Phi) is 4.95. The Morgan fingerprint density at radius 2 is 1.85 bits per heavy atom. The Labute approximate surface area is 151 Å². The predicted molar refractivity (Wildman–Crippen MR) is 98.9 cm³/mol. The fourth-order valence-corrected chi connectivity index (χ4v) is 3.19. The van der Waals surface area contributed by atoms with Crippen molar-refractivity contribution in [3.8, 4) is 0 Å². The van der Waals surface area contributed by atoms with Crippen LogP contribution in [0.1, 0.15) is 11.3 Å². The molecule has 2 heterocycles. The lowest BCUT2D eigenvalue weighted by molar-refractivity contribution is -0.115. The molecule has 2 aromatic carbocycles. The molecule has 6 nitrogen and oxygen atoms in total. The van der Waals surface area contributed by atoms with Gasteiger partial charge in [-0.3, -0.25) is 9.69 Å². The highest BCUT2D eigenvalue weighted by Crippen LogP contribution is 2.21. The van der Waals surface area contributed by atoms with Gasteiger partial charge < -0.3 is 14.6 Å². The second-order valence-corrected chi connectivity index (χ2v) is 6.40. The van der Waals surface area contributed by atoms with Crippen molar-refractivity contribution in [2.75, 3.05) is 31.6 Å². The molecule has 0 spiro atoms. The van der Waals surface area contributed by atoms with Crippen LogP contribution in [-0.4, -0.2) is 42.3 Å². The first-order valence-electron chi connectivity index (χ1n) is 8.81. The Bertz CT molecular complexity index is 900. The number of aromatic nitrogens is 1. The number of hydrogen-bond acceptors (Lipinski definition) is 5. The van der Waals surface area contributed by atoms with E-state index in [-0.39, 0.29) is 12.3 Å². The van der Waals surface area contributed by atoms with E-state index in [1.165, 1.54) is 0 Å². The number of morpholine rings is 1. The molecule has 134 valence electrons. The number of carbonyl (C=O) groups is 1. The molecule has 1 amide bonds. The smallest absolute Gasteiger partial charge is 0.230 e. The molecular formula is C20H21N3O3. The molecule has 6 heteroatoms. The van der Waals surface area contributed by atoms with E-state index in [0.29, 0.717) is 11.3 Å². The number of carbonyl (C=O) groups excluding carboxylic acids is 1. The minimum absolute atomic E-state index is 0.0986. The number of fused-ring (bicyclic) bond motifs is 1. The number of amides is 1. The summed E-state index contributed by atoms with van der Waals surface area (Å²) in [6, 6.07) is 15.5. The summed E-state index contributed by atoms with van der Waals surface area (Å²) in [6.45, 7) is 4.13. The third-order valence-corrected chi connectivity index (χ3v) is 4.57. The minimum Gasteiger partial charge on any atom is -0.379 e. The molecule has 1 aliphatic rings. The topological polar surface area (TPSA) is 67.6 Å². The Hall–Kier alpha value is -2.70. The van der Waals surface area contributed by atoms with Gasteiger partial charge in [-0.1, -0.05) is 35.5 Å². The molecule has 1 fully saturated rings. The molecule has 1 saturated heterocycles. The van der Waals surface area contributed by atoms with Gasteiger partial charge in [-0.2, -0.15) is 0 Å². The zero-order valence-corrected chi connectivity index (χ0v) is 14.5. The van der Waals surface area contributed by atoms with Gasteiger partial charge in [0.05, 0.1) is 19.6 Å². The average molecular weight is 351 g/mol. The highest BCUT2D eigenvalue weighted by atomic mass is 16.5. The Morgan fingerprint density at radius 1 is 1.08 bits per heavy atom. The van der Waals surface area contributed by atoms with E-state index in [4.69, 9.17) is 9.26 Å². The summed E-state index contributed by atoms with van der Waals surface area (Å²) in [5, 5.41) is 7.94. The van der Waals surface area contributed by atoms with Crippen LogP contribution in [0.5, 0.6) is 0 Å². The van der Waals surface area contributed by atoms with Gasteiger partial charge in [0.15, 0.2) is 5.58 Å². The first kappa shape index (κ1) is 16.8. The first-order valence-corrected chi connectivity index (χ1v) is 8.81. The lowest BCUT2D eigenvalue weighted by Crippen LogP contribution is -2.35. The van der Waals surface area contributed by atoms with Gasteiger partial charge in [-0.05, 0) is 23.8 Å². The van der Waals surface area contributed by atoms with Gasteiger partial charge in [0, 0.05) is 30.7 Å². The number of nitrogens with zero attached hydrogens (tertiary/aromatic N) is 2. The van der Waals surface area contributed by atoms with Gasteiger partial charge >= 0.3 is 0 Å². The number of benzene rings is 2. The quantitative estimate of drug-likeness (QED) is 0.766. The summed E-state index contributed by atoms with van der Waals surface area (Å²) in [7, 11) is 0. The van der Waals surface area contributed by atoms with Crippen molar-refractivity contribution in [2.45, 2.75) is 13.0 Å². The van der Waals surface area contributed by atoms with Crippen molar-refractivity contribution in [2.24, 2.45) is 0 Å². The van der Waals surface area contributed by atoms with Crippen LogP contribution >= 0.6 is 0 Å². The van der Waals surface area contributed by atoms with Gasteiger partial charge in [-0.15, -0.1) is 0 Å². The molecule has 0 atom stereocenters. The fraction of sp³-hybridized carbons (Fsp3) is 0.300. The van der Waals surface area contributed by atoms with Crippen molar-refractivity contribution < 1.29 is 14.1 Å². The zero-order chi connectivity index (χ0) is 17.8. The van der Waals surface area contributed by atoms with Crippen molar-refractivity contribution in [3.05, 3.63) is 59.8 Å². The molecule has 4 rings (SSSR count). The van der Waals surface area contributed by atoms with Gasteiger partial charge in [0.1, 0.15) is 5.69 Å². The predicted octanol–water partition coefficient (Wildman–Crippen LogP) is 2.84. The van der Waals surface area contributed by atoms with E-state index >= 15 is 0 Å². The van der Waals surface area contributed by atoms with Crippen LogP contribution in [-0.2, 0) is 22.5 Å². The first-order chi connectivity index (χ1) is 12.8. The van der Waals surface area contributed by atoms with Crippen molar-refractivity contribution in [1.29, 1.82) is 0 Å². The van der Waals surface area contributed by atoms with Gasteiger partial charge in [0.25, 0.3) is 0 Å². The van der Waals surface area contributed by atoms with E-state index in [0.717, 1.165) is 49.5 Å². The van der Waals surface area contributed by atoms with E-state index in [1.54, 1.807) is 0 Å². The monoisotopic (exact) mass is 351 g/mol. The SMILES string of the molecule is O=C(Cc1noc2ccccc12)Nc1ccccc1CN1CCOCC1. The van der Waals surface area contributed by atoms with Crippen LogP contribution in [0.4, 0.5) is 5.69 Å². The molecule has 0 saturated carbocycles. The van der Waals surface area contributed by atoms with Crippen molar-refractivity contribution >= 4 is 22.6 Å². The summed E-state index contributed by atoms with van der Waals surface area (Å²) in [4.78, 5) is 14.9. The number of nitrogens with one attached hydrogen (secondary N) is 1. The number of ether oxygens (including phenoxy) is 1. The molecule has 0 unspecified atom stereocenters. The number of para-hydroxylation sites is 2. The largest absolute Gasteiger partial charge is 0.379 e. The minimum atomic E-state index is -0.0986. The van der Waals surface area contributed by atoms with Crippen LogP contribution in [0.2, 0.25) is 0 Å². The average Bonchev–Trinajstić information content (AvgIpc) is 3.07. The van der Waals surface area contributed by atoms with Crippen LogP contribution in [0.15, 0.2) is 53.1 Å². The van der Waals surface area contributed by atoms with E-state index in [2.05, 4.69) is 21.4 Å². The normalized spacial score (nSPS) is 15.2. The Morgan fingerprint density at radius 3 is 2.73 bits per heavy atom. The van der Waals surface area contributed by atoms with E-state index in [1.807, 2.05) is 42.5 Å². The third-order valence-electron chi connectivity index (χ3n) is 4.57. The second-order valence-electron chi connectivity index (χ2n) is 6.40. The van der Waals surface area contributed by atoms with Gasteiger partial charge in [-0.25, -0.2) is 0 Å². The molecule has 1 aliphatic heterocycles. The van der Waals surface area contributed by atoms with Crippen LogP contribution in [0.3, 0.4) is 0 Å². The van der Waals surface area contributed by atoms with Gasteiger partial charge in [0.2, 0.25) is 5.91 Å². The molecule has 3 aromatic rings. The molecule has 1 N–H and O–H groups in total. The summed E-state index contributed by atoms with van der Waals surface area (Å²) < 4.78 is 10.7. The van der Waals surface area contributed by atoms with Crippen LogP contribution < -0.4 is 5.32 Å². The number of rotatable bonds is 5. The maximum Gasteiger partial charge on any atom is 0.230 e. The second kappa shape index (κ2) is 7.68. The zero-order valence-electron chi connectivity index (χ0n) is 14.5. The molecular weight excluding hydrogens is 330 g/mol. The number of hydrogen-bond donors (Lipinski definition) is 1. The number of anilines is 1. The van der Waals surface area contributed by atoms with Crippen molar-refractivity contribution in [1.82, 2.24) is 10.1 Å². The molecule has 1 aromatic heterocycles. The highest BCUT2D eigenvalue weighted by molar-refractivity contribution is 5.95. The summed E-state index contributed by atoms with van der Waals surface area (Å²) in [5.41, 5.74) is 3.30. The maximum absolute atomic E-state index is 12.5. The maximum atomic E-state index is 12.5.